The fourth-order valence-electron chi connectivity index (χ4n) is 12.5. The van der Waals surface area contributed by atoms with Gasteiger partial charge in [-0.2, -0.15) is 0 Å². The predicted octanol–water partition coefficient (Wildman–Crippen LogP) is 14.7. The van der Waals surface area contributed by atoms with E-state index in [0.29, 0.717) is 11.5 Å². The predicted molar refractivity (Wildman–Crippen MR) is 261 cm³/mol. The third-order valence-electron chi connectivity index (χ3n) is 15.5. The summed E-state index contributed by atoms with van der Waals surface area (Å²) in [5.41, 5.74) is 22.1. The first-order valence-corrected chi connectivity index (χ1v) is 24.9. The van der Waals surface area contributed by atoms with Gasteiger partial charge in [0.25, 0.3) is 0 Å². The van der Waals surface area contributed by atoms with Gasteiger partial charge >= 0.3 is 0 Å². The zero-order valence-corrected chi connectivity index (χ0v) is 38.1. The van der Waals surface area contributed by atoms with E-state index in [1.807, 2.05) is 12.1 Å². The minimum Gasteiger partial charge on any atom is -0.507 e. The molecular weight excluding hydrogens is 785 g/mol. The number of phenolic OH excluding ortho intramolecular Hbond substituents is 2. The van der Waals surface area contributed by atoms with Crippen molar-refractivity contribution < 1.29 is 19.7 Å². The van der Waals surface area contributed by atoms with Crippen molar-refractivity contribution in [1.82, 2.24) is 0 Å². The number of rotatable bonds is 8. The molecule has 0 amide bonds. The van der Waals surface area contributed by atoms with Crippen LogP contribution in [0.15, 0.2) is 84.9 Å². The second-order valence-electron chi connectivity index (χ2n) is 19.9. The maximum atomic E-state index is 12.5. The van der Waals surface area contributed by atoms with Crippen molar-refractivity contribution in [2.75, 3.05) is 0 Å². The monoisotopic (exact) mass is 848 g/mol. The average molecular weight is 849 g/mol. The Morgan fingerprint density at radius 3 is 1.08 bits per heavy atom. The fraction of sp³-hybridized carbons (Fsp3) is 0.400. The fourth-order valence-corrected chi connectivity index (χ4v) is 12.5. The van der Waals surface area contributed by atoms with Gasteiger partial charge in [0.15, 0.2) is 0 Å². The molecule has 6 aromatic carbocycles. The Morgan fingerprint density at radius 2 is 0.703 bits per heavy atom. The van der Waals surface area contributed by atoms with Gasteiger partial charge in [0.1, 0.15) is 35.2 Å². The van der Waals surface area contributed by atoms with Crippen LogP contribution in [0.2, 0.25) is 0 Å². The molecule has 0 aliphatic heterocycles. The number of aromatic hydroxyl groups is 2. The van der Waals surface area contributed by atoms with Crippen LogP contribution in [-0.2, 0) is 51.4 Å². The molecule has 0 heterocycles. The lowest BCUT2D eigenvalue weighted by Gasteiger charge is -2.33. The third kappa shape index (κ3) is 7.59. The SMILES string of the molecule is Cc1cc(-c2ccccc2OC2CCCC[C@@H]2Oc2ccccc2-c2cc(C)cc(-c3c4c(cc5c3CCCC5)CCCC4)c2O)c(O)c(-c2c3c(cc4c2CCCC4)CCCC3)c1. The largest absolute Gasteiger partial charge is 0.507 e. The van der Waals surface area contributed by atoms with Crippen LogP contribution in [0.25, 0.3) is 44.5 Å². The van der Waals surface area contributed by atoms with E-state index in [1.165, 1.54) is 107 Å². The Labute approximate surface area is 380 Å². The van der Waals surface area contributed by atoms with Crippen molar-refractivity contribution in [3.8, 4) is 67.5 Å². The number of fused-ring (bicyclic) bond motifs is 4. The van der Waals surface area contributed by atoms with Crippen LogP contribution in [0.4, 0.5) is 0 Å². The van der Waals surface area contributed by atoms with Gasteiger partial charge in [-0.05, 0) is 245 Å². The molecule has 0 bridgehead atoms. The summed E-state index contributed by atoms with van der Waals surface area (Å²) in [7, 11) is 0. The van der Waals surface area contributed by atoms with Crippen molar-refractivity contribution in [3.05, 3.63) is 141 Å². The quantitative estimate of drug-likeness (QED) is 0.160. The van der Waals surface area contributed by atoms with E-state index in [4.69, 9.17) is 9.47 Å². The van der Waals surface area contributed by atoms with Gasteiger partial charge in [-0.3, -0.25) is 0 Å². The molecular formula is C60H64O4. The van der Waals surface area contributed by atoms with Crippen LogP contribution < -0.4 is 9.47 Å². The molecule has 5 aliphatic rings. The molecule has 11 rings (SSSR count). The van der Waals surface area contributed by atoms with Crippen molar-refractivity contribution in [3.63, 3.8) is 0 Å². The van der Waals surface area contributed by atoms with E-state index in [9.17, 15) is 10.2 Å². The van der Waals surface area contributed by atoms with Crippen molar-refractivity contribution in [2.45, 2.75) is 154 Å². The molecule has 5 aliphatic carbocycles. The highest BCUT2D eigenvalue weighted by molar-refractivity contribution is 5.90. The minimum absolute atomic E-state index is 0.188. The molecule has 6 aromatic rings. The first-order valence-electron chi connectivity index (χ1n) is 24.9. The molecule has 0 saturated heterocycles. The number of phenols is 2. The van der Waals surface area contributed by atoms with E-state index < -0.39 is 0 Å². The van der Waals surface area contributed by atoms with E-state index >= 15 is 0 Å². The van der Waals surface area contributed by atoms with Gasteiger partial charge < -0.3 is 19.7 Å². The van der Waals surface area contributed by atoms with Gasteiger partial charge in [-0.25, -0.2) is 0 Å². The summed E-state index contributed by atoms with van der Waals surface area (Å²) in [5.74, 6) is 2.26. The molecule has 0 spiro atoms. The van der Waals surface area contributed by atoms with Gasteiger partial charge in [-0.1, -0.05) is 48.5 Å². The molecule has 64 heavy (non-hydrogen) atoms. The number of benzene rings is 6. The highest BCUT2D eigenvalue weighted by atomic mass is 16.5. The molecule has 4 nitrogen and oxygen atoms in total. The van der Waals surface area contributed by atoms with Crippen LogP contribution in [0, 0.1) is 13.8 Å². The summed E-state index contributed by atoms with van der Waals surface area (Å²) < 4.78 is 14.3. The molecule has 2 N–H and O–H groups in total. The summed E-state index contributed by atoms with van der Waals surface area (Å²) >= 11 is 0. The standard InChI is InChI=1S/C60H64O4/c1-37-31-49(59(61)51(33-37)57-43-21-7-3-17-39(43)35-40-18-4-8-22-44(40)57)47-25-11-13-27-53(47)63-55-29-15-16-30-56(55)64-54-28-14-12-26-48(54)50-32-38(2)34-52(60(50)62)58-45-23-9-5-19-41(45)36-42-20-6-10-24-46(42)58/h11-14,25-28,31-36,55-56,61-62H,3-10,15-24,29-30H2,1-2H3/t55-,56?/m0/s1. The molecule has 1 unspecified atom stereocenters. The second-order valence-corrected chi connectivity index (χ2v) is 19.9. The number of ether oxygens (including phenoxy) is 2. The highest BCUT2D eigenvalue weighted by Crippen LogP contribution is 2.50. The Kier molecular flexibility index (Phi) is 11.3. The Hall–Kier alpha value is -5.48. The second kappa shape index (κ2) is 17.5. The Morgan fingerprint density at radius 1 is 0.375 bits per heavy atom. The molecule has 0 radical (unpaired) electrons. The molecule has 0 aromatic heterocycles. The topological polar surface area (TPSA) is 58.9 Å². The summed E-state index contributed by atoms with van der Waals surface area (Å²) in [5, 5.41) is 25.0. The van der Waals surface area contributed by atoms with E-state index in [2.05, 4.69) is 86.6 Å². The van der Waals surface area contributed by atoms with Crippen LogP contribution in [0.3, 0.4) is 0 Å². The van der Waals surface area contributed by atoms with Gasteiger partial charge in [0.05, 0.1) is 0 Å². The summed E-state index contributed by atoms with van der Waals surface area (Å²) in [6.07, 6.45) is 22.1. The van der Waals surface area contributed by atoms with Crippen molar-refractivity contribution >= 4 is 0 Å². The first kappa shape index (κ1) is 41.2. The van der Waals surface area contributed by atoms with Crippen LogP contribution in [0.1, 0.15) is 133 Å². The van der Waals surface area contributed by atoms with Crippen molar-refractivity contribution in [1.29, 1.82) is 0 Å². The zero-order valence-electron chi connectivity index (χ0n) is 38.1. The van der Waals surface area contributed by atoms with Gasteiger partial charge in [0, 0.05) is 33.4 Å². The summed E-state index contributed by atoms with van der Waals surface area (Å²) in [4.78, 5) is 0. The lowest BCUT2D eigenvalue weighted by Crippen LogP contribution is -2.39. The normalized spacial score (nSPS) is 19.2. The van der Waals surface area contributed by atoms with Gasteiger partial charge in [-0.15, -0.1) is 0 Å². The van der Waals surface area contributed by atoms with E-state index in [1.54, 1.807) is 0 Å². The van der Waals surface area contributed by atoms with Gasteiger partial charge in [0.2, 0.25) is 0 Å². The Balaban J connectivity index is 0.933. The van der Waals surface area contributed by atoms with Crippen molar-refractivity contribution in [2.24, 2.45) is 0 Å². The van der Waals surface area contributed by atoms with Crippen LogP contribution in [-0.4, -0.2) is 22.4 Å². The molecule has 1 fully saturated rings. The maximum Gasteiger partial charge on any atom is 0.135 e. The Bertz CT molecular complexity index is 2500. The first-order chi connectivity index (χ1) is 31.4. The number of hydrogen-bond acceptors (Lipinski definition) is 4. The smallest absolute Gasteiger partial charge is 0.135 e. The highest BCUT2D eigenvalue weighted by Gasteiger charge is 2.33. The average Bonchev–Trinajstić information content (AvgIpc) is 3.32. The minimum atomic E-state index is -0.188. The lowest BCUT2D eigenvalue weighted by atomic mass is 9.76. The van der Waals surface area contributed by atoms with E-state index in [0.717, 1.165) is 133 Å². The lowest BCUT2D eigenvalue weighted by molar-refractivity contribution is 0.0238. The summed E-state index contributed by atoms with van der Waals surface area (Å²) in [6, 6.07) is 30.3. The van der Waals surface area contributed by atoms with E-state index in [-0.39, 0.29) is 12.2 Å². The third-order valence-corrected chi connectivity index (χ3v) is 15.5. The number of para-hydroxylation sites is 2. The number of hydrogen-bond donors (Lipinski definition) is 2. The molecule has 1 saturated carbocycles. The molecule has 328 valence electrons. The number of aryl methyl sites for hydroxylation is 6. The maximum absolute atomic E-state index is 12.5. The van der Waals surface area contributed by atoms with Crippen LogP contribution in [0.5, 0.6) is 23.0 Å². The molecule has 2 atom stereocenters. The summed E-state index contributed by atoms with van der Waals surface area (Å²) in [6.45, 7) is 4.33. The van der Waals surface area contributed by atoms with Crippen LogP contribution >= 0.6 is 0 Å². The zero-order chi connectivity index (χ0) is 43.3. The molecule has 4 heteroatoms.